The van der Waals surface area contributed by atoms with Crippen LogP contribution in [0.5, 0.6) is 0 Å². The number of halogens is 2. The molecule has 0 bridgehead atoms. The fourth-order valence-corrected chi connectivity index (χ4v) is 1.67. The molecule has 0 saturated carbocycles. The van der Waals surface area contributed by atoms with Gasteiger partial charge in [-0.1, -0.05) is 0 Å². The van der Waals surface area contributed by atoms with Crippen molar-refractivity contribution < 1.29 is 9.21 Å². The molecular formula is C9H6Br2N2O2. The molecule has 2 aromatic heterocycles. The summed E-state index contributed by atoms with van der Waals surface area (Å²) < 4.78 is 6.76. The van der Waals surface area contributed by atoms with E-state index in [1.165, 1.54) is 13.1 Å². The molecule has 0 fully saturated rings. The van der Waals surface area contributed by atoms with Gasteiger partial charge in [0.15, 0.2) is 22.0 Å². The van der Waals surface area contributed by atoms with E-state index in [0.717, 1.165) is 4.47 Å². The lowest BCUT2D eigenvalue weighted by molar-refractivity contribution is 0.101. The molecule has 0 atom stereocenters. The van der Waals surface area contributed by atoms with Crippen LogP contribution in [0.3, 0.4) is 0 Å². The van der Waals surface area contributed by atoms with E-state index in [4.69, 9.17) is 4.42 Å². The lowest BCUT2D eigenvalue weighted by Gasteiger charge is -1.88. The number of furan rings is 1. The molecule has 0 unspecified atom stereocenters. The Bertz CT molecular complexity index is 496. The molecule has 1 N–H and O–H groups in total. The zero-order valence-electron chi connectivity index (χ0n) is 7.67. The third-order valence-electron chi connectivity index (χ3n) is 1.83. The quantitative estimate of drug-likeness (QED) is 0.857. The van der Waals surface area contributed by atoms with E-state index < -0.39 is 0 Å². The number of ketones is 1. The van der Waals surface area contributed by atoms with Gasteiger partial charge in [-0.05, 0) is 31.9 Å². The number of nitrogens with one attached hydrogen (secondary N) is 1. The molecule has 6 heteroatoms. The van der Waals surface area contributed by atoms with Crippen LogP contribution in [0.2, 0.25) is 0 Å². The molecular weight excluding hydrogens is 328 g/mol. The SMILES string of the molecule is CC(=O)c1cnc(-c2cc(Br)c(Br)o2)[nH]1. The van der Waals surface area contributed by atoms with Gasteiger partial charge >= 0.3 is 0 Å². The summed E-state index contributed by atoms with van der Waals surface area (Å²) in [6.45, 7) is 1.48. The normalized spacial score (nSPS) is 10.6. The summed E-state index contributed by atoms with van der Waals surface area (Å²) in [5.74, 6) is 1.05. The molecule has 15 heavy (non-hydrogen) atoms. The lowest BCUT2D eigenvalue weighted by Crippen LogP contribution is -1.90. The van der Waals surface area contributed by atoms with Crippen LogP contribution in [0.1, 0.15) is 17.4 Å². The molecule has 2 aromatic rings. The predicted octanol–water partition coefficient (Wildman–Crippen LogP) is 3.40. The van der Waals surface area contributed by atoms with Gasteiger partial charge in [0.25, 0.3) is 0 Å². The molecule has 0 aliphatic carbocycles. The number of aromatic nitrogens is 2. The van der Waals surface area contributed by atoms with Crippen molar-refractivity contribution in [3.63, 3.8) is 0 Å². The van der Waals surface area contributed by atoms with Crippen molar-refractivity contribution in [1.29, 1.82) is 0 Å². The Labute approximate surface area is 102 Å². The Morgan fingerprint density at radius 2 is 2.27 bits per heavy atom. The molecule has 0 spiro atoms. The maximum Gasteiger partial charge on any atom is 0.184 e. The monoisotopic (exact) mass is 332 g/mol. The summed E-state index contributed by atoms with van der Waals surface area (Å²) in [6.07, 6.45) is 1.49. The molecule has 0 aliphatic rings. The van der Waals surface area contributed by atoms with E-state index >= 15 is 0 Å². The van der Waals surface area contributed by atoms with E-state index in [0.29, 0.717) is 21.9 Å². The van der Waals surface area contributed by atoms with E-state index in [1.807, 2.05) is 0 Å². The van der Waals surface area contributed by atoms with Gasteiger partial charge in [0, 0.05) is 13.0 Å². The molecule has 78 valence electrons. The molecule has 0 aliphatic heterocycles. The van der Waals surface area contributed by atoms with E-state index in [-0.39, 0.29) is 5.78 Å². The maximum absolute atomic E-state index is 11.0. The van der Waals surface area contributed by atoms with Gasteiger partial charge in [-0.25, -0.2) is 4.98 Å². The van der Waals surface area contributed by atoms with Crippen LogP contribution in [-0.4, -0.2) is 15.8 Å². The second kappa shape index (κ2) is 3.94. The van der Waals surface area contributed by atoms with Gasteiger partial charge in [-0.15, -0.1) is 0 Å². The number of imidazole rings is 1. The highest BCUT2D eigenvalue weighted by atomic mass is 79.9. The van der Waals surface area contributed by atoms with E-state index in [1.54, 1.807) is 6.07 Å². The standard InChI is InChI=1S/C9H6Br2N2O2/c1-4(14)6-3-12-9(13-6)7-2-5(10)8(11)15-7/h2-3H,1H3,(H,12,13). The van der Waals surface area contributed by atoms with Gasteiger partial charge in [0.05, 0.1) is 10.7 Å². The zero-order valence-corrected chi connectivity index (χ0v) is 10.8. The molecule has 0 aromatic carbocycles. The van der Waals surface area contributed by atoms with Crippen molar-refractivity contribution in [3.8, 4) is 11.6 Å². The minimum Gasteiger partial charge on any atom is -0.445 e. The van der Waals surface area contributed by atoms with Gasteiger partial charge < -0.3 is 9.40 Å². The number of nitrogens with zero attached hydrogens (tertiary/aromatic N) is 1. The number of Topliss-reactive ketones (excluding diaryl/α,β-unsaturated/α-hetero) is 1. The van der Waals surface area contributed by atoms with Gasteiger partial charge in [0.1, 0.15) is 5.69 Å². The highest BCUT2D eigenvalue weighted by Gasteiger charge is 2.12. The summed E-state index contributed by atoms with van der Waals surface area (Å²) in [6, 6.07) is 1.77. The summed E-state index contributed by atoms with van der Waals surface area (Å²) in [7, 11) is 0. The summed E-state index contributed by atoms with van der Waals surface area (Å²) in [5, 5.41) is 0. The van der Waals surface area contributed by atoms with Crippen LogP contribution < -0.4 is 0 Å². The Kier molecular flexibility index (Phi) is 2.79. The van der Waals surface area contributed by atoms with Crippen molar-refractivity contribution in [2.75, 3.05) is 0 Å². The van der Waals surface area contributed by atoms with Crippen molar-refractivity contribution in [3.05, 3.63) is 27.1 Å². The van der Waals surface area contributed by atoms with Gasteiger partial charge in [0.2, 0.25) is 0 Å². The van der Waals surface area contributed by atoms with Crippen LogP contribution in [0.15, 0.2) is 25.8 Å². The molecule has 2 heterocycles. The summed E-state index contributed by atoms with van der Waals surface area (Å²) in [4.78, 5) is 18.0. The number of hydrogen-bond acceptors (Lipinski definition) is 3. The largest absolute Gasteiger partial charge is 0.445 e. The minimum atomic E-state index is -0.0570. The first-order chi connectivity index (χ1) is 7.08. The average molecular weight is 334 g/mol. The number of hydrogen-bond donors (Lipinski definition) is 1. The highest BCUT2D eigenvalue weighted by molar-refractivity contribution is 9.13. The molecule has 0 saturated heterocycles. The first kappa shape index (κ1) is 10.6. The fourth-order valence-electron chi connectivity index (χ4n) is 1.09. The van der Waals surface area contributed by atoms with Crippen molar-refractivity contribution >= 4 is 37.6 Å². The van der Waals surface area contributed by atoms with E-state index in [9.17, 15) is 4.79 Å². The molecule has 0 amide bonds. The second-order valence-corrected chi connectivity index (χ2v) is 4.51. The topological polar surface area (TPSA) is 58.9 Å². The first-order valence-corrected chi connectivity index (χ1v) is 5.67. The third-order valence-corrected chi connectivity index (χ3v) is 3.54. The summed E-state index contributed by atoms with van der Waals surface area (Å²) in [5.41, 5.74) is 0.466. The van der Waals surface area contributed by atoms with Crippen LogP contribution in [0.25, 0.3) is 11.6 Å². The van der Waals surface area contributed by atoms with Crippen molar-refractivity contribution in [2.24, 2.45) is 0 Å². The van der Waals surface area contributed by atoms with Crippen LogP contribution >= 0.6 is 31.9 Å². The number of carbonyl (C=O) groups is 1. The maximum atomic E-state index is 11.0. The number of H-pyrrole nitrogens is 1. The van der Waals surface area contributed by atoms with Crippen molar-refractivity contribution in [2.45, 2.75) is 6.92 Å². The molecule has 2 rings (SSSR count). The lowest BCUT2D eigenvalue weighted by atomic mass is 10.3. The van der Waals surface area contributed by atoms with Crippen molar-refractivity contribution in [1.82, 2.24) is 9.97 Å². The van der Waals surface area contributed by atoms with E-state index in [2.05, 4.69) is 41.8 Å². The number of aromatic amines is 1. The fraction of sp³-hybridized carbons (Fsp3) is 0.111. The zero-order chi connectivity index (χ0) is 11.0. The Balaban J connectivity index is 2.41. The smallest absolute Gasteiger partial charge is 0.184 e. The summed E-state index contributed by atoms with van der Waals surface area (Å²) >= 11 is 6.53. The predicted molar refractivity (Wildman–Crippen MR) is 61.7 cm³/mol. The van der Waals surface area contributed by atoms with Crippen LogP contribution in [0, 0.1) is 0 Å². The first-order valence-electron chi connectivity index (χ1n) is 4.09. The Hall–Kier alpha value is -0.880. The third kappa shape index (κ3) is 2.05. The van der Waals surface area contributed by atoms with Crippen LogP contribution in [-0.2, 0) is 0 Å². The van der Waals surface area contributed by atoms with Crippen LogP contribution in [0.4, 0.5) is 0 Å². The number of rotatable bonds is 2. The van der Waals surface area contributed by atoms with Gasteiger partial charge in [-0.3, -0.25) is 4.79 Å². The second-order valence-electron chi connectivity index (χ2n) is 2.93. The Morgan fingerprint density at radius 3 is 2.73 bits per heavy atom. The average Bonchev–Trinajstić information content (AvgIpc) is 2.74. The highest BCUT2D eigenvalue weighted by Crippen LogP contribution is 2.31. The molecule has 4 nitrogen and oxygen atoms in total. The molecule has 0 radical (unpaired) electrons. The minimum absolute atomic E-state index is 0.0570. The number of carbonyl (C=O) groups excluding carboxylic acids is 1. The Morgan fingerprint density at radius 1 is 1.53 bits per heavy atom. The van der Waals surface area contributed by atoms with Gasteiger partial charge in [-0.2, -0.15) is 0 Å².